The molecule has 0 radical (unpaired) electrons. The number of ether oxygens (including phenoxy) is 1. The zero-order valence-corrected chi connectivity index (χ0v) is 17.4. The molecule has 1 aliphatic rings. The highest BCUT2D eigenvalue weighted by Gasteiger charge is 2.33. The number of sulfonamides is 1. The van der Waals surface area contributed by atoms with Crippen LogP contribution in [0.3, 0.4) is 0 Å². The Kier molecular flexibility index (Phi) is 5.65. The van der Waals surface area contributed by atoms with Gasteiger partial charge in [-0.3, -0.25) is 9.52 Å². The first kappa shape index (κ1) is 20.2. The number of hydrogen-bond donors (Lipinski definition) is 1. The first-order valence-corrected chi connectivity index (χ1v) is 10.8. The molecule has 1 aliphatic carbocycles. The Bertz CT molecular complexity index is 966. The van der Waals surface area contributed by atoms with Crippen LogP contribution >= 0.6 is 0 Å². The number of carbonyl (C=O) groups excluding carboxylic acids is 1. The first-order valence-electron chi connectivity index (χ1n) is 9.27. The summed E-state index contributed by atoms with van der Waals surface area (Å²) in [6.45, 7) is 3.85. The summed E-state index contributed by atoms with van der Waals surface area (Å²) in [6, 6.07) is 11.4. The van der Waals surface area contributed by atoms with Gasteiger partial charge in [0.2, 0.25) is 0 Å². The highest BCUT2D eigenvalue weighted by Crippen LogP contribution is 2.35. The van der Waals surface area contributed by atoms with Crippen molar-refractivity contribution in [1.29, 1.82) is 0 Å². The summed E-state index contributed by atoms with van der Waals surface area (Å²) in [6.07, 6.45) is 2.27. The molecule has 1 atom stereocenters. The number of methoxy groups -OCH3 is 1. The number of amides is 1. The molecule has 1 fully saturated rings. The van der Waals surface area contributed by atoms with Gasteiger partial charge in [0.05, 0.1) is 12.0 Å². The molecule has 0 bridgehead atoms. The topological polar surface area (TPSA) is 75.7 Å². The molecule has 1 saturated carbocycles. The highest BCUT2D eigenvalue weighted by molar-refractivity contribution is 7.92. The second-order valence-corrected chi connectivity index (χ2v) is 8.99. The van der Waals surface area contributed by atoms with E-state index in [-0.39, 0.29) is 16.8 Å². The summed E-state index contributed by atoms with van der Waals surface area (Å²) in [5.41, 5.74) is 1.59. The minimum Gasteiger partial charge on any atom is -0.497 e. The summed E-state index contributed by atoms with van der Waals surface area (Å²) >= 11 is 0. The largest absolute Gasteiger partial charge is 0.497 e. The summed E-state index contributed by atoms with van der Waals surface area (Å²) < 4.78 is 33.2. The lowest BCUT2D eigenvalue weighted by molar-refractivity contribution is 0.0726. The molecule has 1 amide bonds. The third kappa shape index (κ3) is 4.30. The smallest absolute Gasteiger partial charge is 0.261 e. The van der Waals surface area contributed by atoms with Crippen LogP contribution in [0.1, 0.15) is 35.7 Å². The van der Waals surface area contributed by atoms with Crippen LogP contribution in [-0.2, 0) is 10.0 Å². The van der Waals surface area contributed by atoms with E-state index in [1.807, 2.05) is 13.8 Å². The first-order chi connectivity index (χ1) is 13.2. The molecule has 150 valence electrons. The van der Waals surface area contributed by atoms with Crippen molar-refractivity contribution in [3.05, 3.63) is 53.6 Å². The monoisotopic (exact) mass is 402 g/mol. The molecule has 7 heteroatoms. The Balaban J connectivity index is 1.85. The van der Waals surface area contributed by atoms with Gasteiger partial charge in [-0.25, -0.2) is 8.42 Å². The average molecular weight is 403 g/mol. The molecule has 0 saturated heterocycles. The van der Waals surface area contributed by atoms with E-state index in [1.165, 1.54) is 12.1 Å². The van der Waals surface area contributed by atoms with E-state index in [4.69, 9.17) is 4.74 Å². The lowest BCUT2D eigenvalue weighted by Gasteiger charge is -2.25. The van der Waals surface area contributed by atoms with Crippen LogP contribution in [0.5, 0.6) is 5.75 Å². The van der Waals surface area contributed by atoms with Crippen LogP contribution in [0.4, 0.5) is 5.69 Å². The van der Waals surface area contributed by atoms with Gasteiger partial charge >= 0.3 is 0 Å². The molecule has 1 N–H and O–H groups in total. The maximum atomic E-state index is 12.9. The van der Waals surface area contributed by atoms with E-state index in [9.17, 15) is 13.2 Å². The molecule has 0 aromatic heterocycles. The molecule has 2 aromatic rings. The molecule has 1 unspecified atom stereocenters. The molecule has 2 aromatic carbocycles. The Hall–Kier alpha value is -2.54. The van der Waals surface area contributed by atoms with Gasteiger partial charge in [0, 0.05) is 24.3 Å². The predicted octanol–water partition coefficient (Wildman–Crippen LogP) is 3.67. The fourth-order valence-electron chi connectivity index (χ4n) is 3.14. The quantitative estimate of drug-likeness (QED) is 0.767. The molecule has 3 rings (SSSR count). The third-order valence-electron chi connectivity index (χ3n) is 5.33. The van der Waals surface area contributed by atoms with Gasteiger partial charge < -0.3 is 9.64 Å². The van der Waals surface area contributed by atoms with Crippen LogP contribution < -0.4 is 9.46 Å². The fraction of sp³-hybridized carbons (Fsp3) is 0.381. The minimum atomic E-state index is -3.82. The van der Waals surface area contributed by atoms with Crippen molar-refractivity contribution in [3.63, 3.8) is 0 Å². The summed E-state index contributed by atoms with van der Waals surface area (Å²) in [5.74, 6) is 1.02. The van der Waals surface area contributed by atoms with E-state index in [1.54, 1.807) is 49.4 Å². The molecule has 0 aliphatic heterocycles. The van der Waals surface area contributed by atoms with Gasteiger partial charge in [0.15, 0.2) is 0 Å². The van der Waals surface area contributed by atoms with Crippen molar-refractivity contribution in [3.8, 4) is 5.75 Å². The van der Waals surface area contributed by atoms with Crippen molar-refractivity contribution in [2.75, 3.05) is 18.9 Å². The van der Waals surface area contributed by atoms with Crippen molar-refractivity contribution in [2.24, 2.45) is 5.92 Å². The second kappa shape index (κ2) is 7.83. The maximum Gasteiger partial charge on any atom is 0.261 e. The van der Waals surface area contributed by atoms with Gasteiger partial charge in [-0.1, -0.05) is 6.07 Å². The minimum absolute atomic E-state index is 0.0599. The number of carbonyl (C=O) groups is 1. The third-order valence-corrected chi connectivity index (χ3v) is 6.71. The number of rotatable bonds is 7. The molecular formula is C21H26N2O4S. The number of aryl methyl sites for hydroxylation is 1. The maximum absolute atomic E-state index is 12.9. The van der Waals surface area contributed by atoms with Crippen molar-refractivity contribution >= 4 is 21.6 Å². The Morgan fingerprint density at radius 2 is 1.82 bits per heavy atom. The van der Waals surface area contributed by atoms with Gasteiger partial charge in [0.25, 0.3) is 15.9 Å². The molecule has 0 spiro atoms. The Morgan fingerprint density at radius 3 is 2.39 bits per heavy atom. The summed E-state index contributed by atoms with van der Waals surface area (Å²) in [7, 11) is -0.491. The predicted molar refractivity (Wildman–Crippen MR) is 109 cm³/mol. The Morgan fingerprint density at radius 1 is 1.18 bits per heavy atom. The van der Waals surface area contributed by atoms with E-state index >= 15 is 0 Å². The van der Waals surface area contributed by atoms with Crippen molar-refractivity contribution in [1.82, 2.24) is 4.90 Å². The van der Waals surface area contributed by atoms with Crippen LogP contribution in [-0.4, -0.2) is 39.4 Å². The van der Waals surface area contributed by atoms with Gasteiger partial charge in [-0.2, -0.15) is 0 Å². The SMILES string of the molecule is COc1ccc(NS(=O)(=O)c2ccc(C)c(C(=O)N(C)C(C)C3CC3)c2)cc1. The average Bonchev–Trinajstić information content (AvgIpc) is 3.52. The van der Waals surface area contributed by atoms with Crippen molar-refractivity contribution in [2.45, 2.75) is 37.6 Å². The van der Waals surface area contributed by atoms with E-state index < -0.39 is 10.0 Å². The number of anilines is 1. The zero-order valence-electron chi connectivity index (χ0n) is 16.6. The second-order valence-electron chi connectivity index (χ2n) is 7.30. The number of nitrogens with one attached hydrogen (secondary N) is 1. The normalized spacial score (nSPS) is 15.0. The number of hydrogen-bond acceptors (Lipinski definition) is 4. The molecule has 28 heavy (non-hydrogen) atoms. The van der Waals surface area contributed by atoms with Gasteiger partial charge in [-0.05, 0) is 74.6 Å². The summed E-state index contributed by atoms with van der Waals surface area (Å²) in [4.78, 5) is 14.7. The summed E-state index contributed by atoms with van der Waals surface area (Å²) in [5, 5.41) is 0. The van der Waals surface area contributed by atoms with Crippen molar-refractivity contribution < 1.29 is 17.9 Å². The standard InChI is InChI=1S/C21H26N2O4S/c1-14-5-12-19(13-20(14)21(24)23(3)15(2)16-6-7-16)28(25,26)22-17-8-10-18(27-4)11-9-17/h5,8-13,15-16,22H,6-7H2,1-4H3. The van der Waals surface area contributed by atoms with E-state index in [2.05, 4.69) is 4.72 Å². The Labute approximate surface area is 166 Å². The molecule has 0 heterocycles. The highest BCUT2D eigenvalue weighted by atomic mass is 32.2. The van der Waals surface area contributed by atoms with E-state index in [0.29, 0.717) is 22.9 Å². The van der Waals surface area contributed by atoms with Crippen LogP contribution in [0.2, 0.25) is 0 Å². The molecular weight excluding hydrogens is 376 g/mol. The van der Waals surface area contributed by atoms with E-state index in [0.717, 1.165) is 18.4 Å². The van der Waals surface area contributed by atoms with Crippen LogP contribution in [0.25, 0.3) is 0 Å². The lowest BCUT2D eigenvalue weighted by atomic mass is 10.1. The van der Waals surface area contributed by atoms with Gasteiger partial charge in [-0.15, -0.1) is 0 Å². The van der Waals surface area contributed by atoms with Crippen LogP contribution in [0.15, 0.2) is 47.4 Å². The number of nitrogens with zero attached hydrogens (tertiary/aromatic N) is 1. The van der Waals surface area contributed by atoms with Gasteiger partial charge in [0.1, 0.15) is 5.75 Å². The zero-order chi connectivity index (χ0) is 20.5. The molecule has 6 nitrogen and oxygen atoms in total. The fourth-order valence-corrected chi connectivity index (χ4v) is 4.23. The lowest BCUT2D eigenvalue weighted by Crippen LogP contribution is -2.36. The number of benzene rings is 2. The van der Waals surface area contributed by atoms with Crippen LogP contribution in [0, 0.1) is 12.8 Å².